The van der Waals surface area contributed by atoms with Crippen LogP contribution in [0.2, 0.25) is 0 Å². The number of fused-ring (bicyclic) bond motifs is 1. The molecule has 0 saturated carbocycles. The van der Waals surface area contributed by atoms with Crippen molar-refractivity contribution in [3.05, 3.63) is 54.1 Å². The first kappa shape index (κ1) is 16.8. The number of hydrogen-bond donors (Lipinski definition) is 3. The normalized spacial score (nSPS) is 15.5. The standard InChI is InChI=1S/C17H17N3O2.ClH/c1-11-5-4-6-12(9-11)18-16(21)10-15-17(22)20-14-8-3-2-7-13(14)19-15;/h2-9,15,19H,10H2,1H3,(H,18,21)(H,20,22);1H. The number of halogens is 1. The van der Waals surface area contributed by atoms with Gasteiger partial charge in [0.25, 0.3) is 0 Å². The van der Waals surface area contributed by atoms with E-state index in [2.05, 4.69) is 16.0 Å². The minimum atomic E-state index is -0.570. The number of carbonyl (C=O) groups excluding carboxylic acids is 2. The average molecular weight is 332 g/mol. The summed E-state index contributed by atoms with van der Waals surface area (Å²) in [6, 6.07) is 14.4. The Morgan fingerprint density at radius 1 is 1.13 bits per heavy atom. The summed E-state index contributed by atoms with van der Waals surface area (Å²) in [6.45, 7) is 1.96. The lowest BCUT2D eigenvalue weighted by molar-refractivity contribution is -0.122. The zero-order valence-electron chi connectivity index (χ0n) is 12.6. The fourth-order valence-corrected chi connectivity index (χ4v) is 2.46. The fourth-order valence-electron chi connectivity index (χ4n) is 2.46. The summed E-state index contributed by atoms with van der Waals surface area (Å²) in [7, 11) is 0. The first-order valence-corrected chi connectivity index (χ1v) is 7.15. The van der Waals surface area contributed by atoms with E-state index >= 15 is 0 Å². The first-order valence-electron chi connectivity index (χ1n) is 7.15. The van der Waals surface area contributed by atoms with Crippen molar-refractivity contribution in [3.63, 3.8) is 0 Å². The molecule has 0 bridgehead atoms. The lowest BCUT2D eigenvalue weighted by Gasteiger charge is -2.26. The van der Waals surface area contributed by atoms with Gasteiger partial charge in [-0.25, -0.2) is 0 Å². The van der Waals surface area contributed by atoms with Gasteiger partial charge in [0.1, 0.15) is 6.04 Å². The minimum Gasteiger partial charge on any atom is -0.372 e. The van der Waals surface area contributed by atoms with E-state index in [0.29, 0.717) is 0 Å². The van der Waals surface area contributed by atoms with Crippen molar-refractivity contribution < 1.29 is 9.59 Å². The topological polar surface area (TPSA) is 70.2 Å². The van der Waals surface area contributed by atoms with Crippen LogP contribution in [0.25, 0.3) is 0 Å². The average Bonchev–Trinajstić information content (AvgIpc) is 2.48. The quantitative estimate of drug-likeness (QED) is 0.809. The van der Waals surface area contributed by atoms with Crippen LogP contribution in [-0.2, 0) is 9.59 Å². The van der Waals surface area contributed by atoms with Gasteiger partial charge in [0.15, 0.2) is 0 Å². The van der Waals surface area contributed by atoms with Crippen molar-refractivity contribution in [2.24, 2.45) is 0 Å². The number of aryl methyl sites for hydroxylation is 1. The van der Waals surface area contributed by atoms with Gasteiger partial charge >= 0.3 is 0 Å². The number of para-hydroxylation sites is 2. The number of rotatable bonds is 3. The maximum Gasteiger partial charge on any atom is 0.247 e. The lowest BCUT2D eigenvalue weighted by atomic mass is 10.1. The number of anilines is 3. The molecule has 1 atom stereocenters. The molecule has 1 aliphatic rings. The number of nitrogens with one attached hydrogen (secondary N) is 3. The molecule has 2 amide bonds. The second-order valence-electron chi connectivity index (χ2n) is 5.35. The second-order valence-corrected chi connectivity index (χ2v) is 5.35. The van der Waals surface area contributed by atoms with E-state index in [0.717, 1.165) is 22.6 Å². The molecule has 0 saturated heterocycles. The van der Waals surface area contributed by atoms with Crippen LogP contribution in [0.15, 0.2) is 48.5 Å². The van der Waals surface area contributed by atoms with Gasteiger partial charge < -0.3 is 16.0 Å². The summed E-state index contributed by atoms with van der Waals surface area (Å²) in [6.07, 6.45) is 0.0775. The molecule has 0 fully saturated rings. The highest BCUT2D eigenvalue weighted by molar-refractivity contribution is 6.06. The molecule has 0 spiro atoms. The second kappa shape index (κ2) is 7.15. The largest absolute Gasteiger partial charge is 0.372 e. The Hall–Kier alpha value is -2.53. The van der Waals surface area contributed by atoms with Crippen LogP contribution in [0.1, 0.15) is 12.0 Å². The van der Waals surface area contributed by atoms with Gasteiger partial charge in [-0.2, -0.15) is 0 Å². The van der Waals surface area contributed by atoms with Gasteiger partial charge in [0.05, 0.1) is 17.8 Å². The summed E-state index contributed by atoms with van der Waals surface area (Å²) in [5.41, 5.74) is 3.38. The van der Waals surface area contributed by atoms with E-state index in [9.17, 15) is 9.59 Å². The van der Waals surface area contributed by atoms with Gasteiger partial charge in [-0.15, -0.1) is 12.4 Å². The Morgan fingerprint density at radius 3 is 2.61 bits per heavy atom. The molecule has 1 heterocycles. The molecular weight excluding hydrogens is 314 g/mol. The molecule has 1 aliphatic heterocycles. The molecule has 3 N–H and O–H groups in total. The summed E-state index contributed by atoms with van der Waals surface area (Å²) in [5, 5.41) is 8.72. The third-order valence-electron chi connectivity index (χ3n) is 3.52. The molecule has 3 rings (SSSR count). The molecule has 120 valence electrons. The Kier molecular flexibility index (Phi) is 5.24. The molecule has 6 heteroatoms. The lowest BCUT2D eigenvalue weighted by Crippen LogP contribution is -2.41. The first-order chi connectivity index (χ1) is 10.6. The van der Waals surface area contributed by atoms with Crippen LogP contribution < -0.4 is 16.0 Å². The van der Waals surface area contributed by atoms with Crippen LogP contribution >= 0.6 is 12.4 Å². The zero-order chi connectivity index (χ0) is 15.5. The van der Waals surface area contributed by atoms with Crippen molar-refractivity contribution in [1.29, 1.82) is 0 Å². The van der Waals surface area contributed by atoms with E-state index in [1.165, 1.54) is 0 Å². The van der Waals surface area contributed by atoms with Crippen molar-refractivity contribution in [2.75, 3.05) is 16.0 Å². The van der Waals surface area contributed by atoms with E-state index in [1.54, 1.807) is 0 Å². The Balaban J connectivity index is 0.00000192. The molecule has 0 radical (unpaired) electrons. The third-order valence-corrected chi connectivity index (χ3v) is 3.52. The highest BCUT2D eigenvalue weighted by Crippen LogP contribution is 2.26. The van der Waals surface area contributed by atoms with Crippen molar-refractivity contribution in [2.45, 2.75) is 19.4 Å². The van der Waals surface area contributed by atoms with Gasteiger partial charge in [-0.3, -0.25) is 9.59 Å². The number of hydrogen-bond acceptors (Lipinski definition) is 3. The number of benzene rings is 2. The van der Waals surface area contributed by atoms with E-state index in [4.69, 9.17) is 0 Å². The van der Waals surface area contributed by atoms with Crippen LogP contribution in [0.5, 0.6) is 0 Å². The van der Waals surface area contributed by atoms with E-state index in [-0.39, 0.29) is 30.6 Å². The monoisotopic (exact) mass is 331 g/mol. The van der Waals surface area contributed by atoms with Crippen molar-refractivity contribution in [1.82, 2.24) is 0 Å². The molecular formula is C17H18ClN3O2. The molecule has 2 aromatic carbocycles. The Bertz CT molecular complexity index is 733. The molecule has 1 unspecified atom stereocenters. The number of carbonyl (C=O) groups is 2. The van der Waals surface area contributed by atoms with E-state index < -0.39 is 6.04 Å². The van der Waals surface area contributed by atoms with Crippen molar-refractivity contribution in [3.8, 4) is 0 Å². The third kappa shape index (κ3) is 4.02. The molecule has 5 nitrogen and oxygen atoms in total. The van der Waals surface area contributed by atoms with Crippen LogP contribution in [0.3, 0.4) is 0 Å². The highest BCUT2D eigenvalue weighted by atomic mass is 35.5. The van der Waals surface area contributed by atoms with Gasteiger partial charge in [-0.05, 0) is 36.8 Å². The summed E-state index contributed by atoms with van der Waals surface area (Å²) >= 11 is 0. The molecule has 0 aliphatic carbocycles. The van der Waals surface area contributed by atoms with E-state index in [1.807, 2.05) is 55.5 Å². The van der Waals surface area contributed by atoms with Crippen molar-refractivity contribution >= 4 is 41.3 Å². The SMILES string of the molecule is Cc1cccc(NC(=O)CC2Nc3ccccc3NC2=O)c1.Cl. The van der Waals surface area contributed by atoms with Gasteiger partial charge in [0, 0.05) is 5.69 Å². The predicted octanol–water partition coefficient (Wildman–Crippen LogP) is 3.18. The fraction of sp³-hybridized carbons (Fsp3) is 0.176. The molecule has 23 heavy (non-hydrogen) atoms. The zero-order valence-corrected chi connectivity index (χ0v) is 13.4. The highest BCUT2D eigenvalue weighted by Gasteiger charge is 2.27. The maximum atomic E-state index is 12.1. The summed E-state index contributed by atoms with van der Waals surface area (Å²) < 4.78 is 0. The van der Waals surface area contributed by atoms with Crippen LogP contribution in [0.4, 0.5) is 17.1 Å². The molecule has 0 aromatic heterocycles. The maximum absolute atomic E-state index is 12.1. The van der Waals surface area contributed by atoms with Crippen LogP contribution in [-0.4, -0.2) is 17.9 Å². The summed E-state index contributed by atoms with van der Waals surface area (Å²) in [5.74, 6) is -0.393. The van der Waals surface area contributed by atoms with Gasteiger partial charge in [-0.1, -0.05) is 24.3 Å². The van der Waals surface area contributed by atoms with Crippen LogP contribution in [0, 0.1) is 6.92 Å². The van der Waals surface area contributed by atoms with Gasteiger partial charge in [0.2, 0.25) is 11.8 Å². The molecule has 2 aromatic rings. The Morgan fingerprint density at radius 2 is 1.87 bits per heavy atom. The summed E-state index contributed by atoms with van der Waals surface area (Å²) in [4.78, 5) is 24.2. The Labute approximate surface area is 140 Å². The predicted molar refractivity (Wildman–Crippen MR) is 94.2 cm³/mol. The number of amides is 2. The smallest absolute Gasteiger partial charge is 0.247 e. The minimum absolute atomic E-state index is 0.